The fourth-order valence-electron chi connectivity index (χ4n) is 1.51. The van der Waals surface area contributed by atoms with Crippen LogP contribution < -0.4 is 15.8 Å². The molecule has 0 radical (unpaired) electrons. The van der Waals surface area contributed by atoms with Crippen LogP contribution in [0, 0.1) is 5.92 Å². The van der Waals surface area contributed by atoms with Gasteiger partial charge in [-0.1, -0.05) is 31.5 Å². The Kier molecular flexibility index (Phi) is 6.60. The van der Waals surface area contributed by atoms with Crippen LogP contribution in [0.4, 0.5) is 0 Å². The fraction of sp³-hybridized carbons (Fsp3) is 0.462. The summed E-state index contributed by atoms with van der Waals surface area (Å²) in [5, 5.41) is 2.92. The highest BCUT2D eigenvalue weighted by Gasteiger charge is 2.17. The van der Waals surface area contributed by atoms with Gasteiger partial charge in [-0.05, 0) is 24.1 Å². The molecule has 1 atom stereocenters. The molecule has 1 aromatic rings. The number of hydrogen-bond donors (Lipinski definition) is 3. The normalized spacial score (nSPS) is 13.2. The molecule has 0 aromatic heterocycles. The van der Waals surface area contributed by atoms with Crippen LogP contribution in [0.1, 0.15) is 13.8 Å². The number of hydrogen-bond acceptors (Lipinski definition) is 4. The predicted molar refractivity (Wildman–Crippen MR) is 82.5 cm³/mol. The molecule has 0 fully saturated rings. The molecular formula is C13H20ClN3O3S. The van der Waals surface area contributed by atoms with Gasteiger partial charge in [0.2, 0.25) is 15.9 Å². The van der Waals surface area contributed by atoms with Crippen molar-refractivity contribution in [3.63, 3.8) is 0 Å². The van der Waals surface area contributed by atoms with Gasteiger partial charge in [0, 0.05) is 18.1 Å². The van der Waals surface area contributed by atoms with E-state index in [0.717, 1.165) is 0 Å². The van der Waals surface area contributed by atoms with Gasteiger partial charge >= 0.3 is 0 Å². The molecule has 6 nitrogen and oxygen atoms in total. The van der Waals surface area contributed by atoms with Crippen molar-refractivity contribution in [2.45, 2.75) is 24.8 Å². The molecule has 8 heteroatoms. The summed E-state index contributed by atoms with van der Waals surface area (Å²) in [6.45, 7) is 3.92. The molecule has 0 bridgehead atoms. The second-order valence-electron chi connectivity index (χ2n) is 4.92. The van der Waals surface area contributed by atoms with Crippen molar-refractivity contribution in [2.75, 3.05) is 13.1 Å². The molecule has 0 saturated heterocycles. The van der Waals surface area contributed by atoms with Crippen molar-refractivity contribution in [3.05, 3.63) is 29.3 Å². The van der Waals surface area contributed by atoms with Crippen LogP contribution in [0.2, 0.25) is 5.02 Å². The molecule has 0 aliphatic carbocycles. The lowest BCUT2D eigenvalue weighted by atomic mass is 10.1. The molecule has 0 heterocycles. The Labute approximate surface area is 130 Å². The van der Waals surface area contributed by atoms with Gasteiger partial charge in [0.1, 0.15) is 0 Å². The first-order valence-electron chi connectivity index (χ1n) is 6.52. The van der Waals surface area contributed by atoms with Gasteiger partial charge in [-0.25, -0.2) is 13.1 Å². The molecule has 1 amide bonds. The third-order valence-electron chi connectivity index (χ3n) is 2.84. The summed E-state index contributed by atoms with van der Waals surface area (Å²) in [4.78, 5) is 11.7. The average molecular weight is 334 g/mol. The van der Waals surface area contributed by atoms with E-state index in [1.54, 1.807) is 12.1 Å². The molecule has 0 unspecified atom stereocenters. The molecule has 1 aromatic carbocycles. The SMILES string of the molecule is CC(C)[C@H](N)C(=O)NCCNS(=O)(=O)c1cccc(Cl)c1. The first kappa shape index (κ1) is 17.9. The standard InChI is InChI=1S/C13H20ClN3O3S/c1-9(2)12(15)13(18)16-6-7-17-21(19,20)11-5-3-4-10(14)8-11/h3-5,8-9,12,17H,6-7,15H2,1-2H3,(H,16,18)/t12-/m0/s1. The van der Waals surface area contributed by atoms with Crippen LogP contribution in [-0.2, 0) is 14.8 Å². The maximum Gasteiger partial charge on any atom is 0.240 e. The van der Waals surface area contributed by atoms with Crippen molar-refractivity contribution >= 4 is 27.5 Å². The number of amides is 1. The number of carbonyl (C=O) groups is 1. The van der Waals surface area contributed by atoms with Crippen molar-refractivity contribution in [3.8, 4) is 0 Å². The highest BCUT2D eigenvalue weighted by Crippen LogP contribution is 2.14. The highest BCUT2D eigenvalue weighted by atomic mass is 35.5. The van der Waals surface area contributed by atoms with E-state index in [0.29, 0.717) is 5.02 Å². The largest absolute Gasteiger partial charge is 0.353 e. The maximum atomic E-state index is 12.0. The van der Waals surface area contributed by atoms with Gasteiger partial charge in [0.15, 0.2) is 0 Å². The number of halogens is 1. The number of rotatable bonds is 7. The van der Waals surface area contributed by atoms with Crippen LogP contribution in [0.5, 0.6) is 0 Å². The predicted octanol–water partition coefficient (Wildman–Crippen LogP) is 0.718. The Bertz CT molecular complexity index is 590. The molecule has 0 saturated carbocycles. The minimum absolute atomic E-state index is 0.0214. The van der Waals surface area contributed by atoms with E-state index in [2.05, 4.69) is 10.0 Å². The molecule has 1 rings (SSSR count). The quantitative estimate of drug-likeness (QED) is 0.640. The zero-order valence-electron chi connectivity index (χ0n) is 12.0. The summed E-state index contributed by atoms with van der Waals surface area (Å²) < 4.78 is 26.3. The van der Waals surface area contributed by atoms with Crippen LogP contribution >= 0.6 is 11.6 Å². The summed E-state index contributed by atoms with van der Waals surface area (Å²) in [5.74, 6) is -0.278. The van der Waals surface area contributed by atoms with E-state index in [1.165, 1.54) is 12.1 Å². The van der Waals surface area contributed by atoms with Gasteiger partial charge in [-0.2, -0.15) is 0 Å². The molecular weight excluding hydrogens is 314 g/mol. The Morgan fingerprint density at radius 2 is 2.00 bits per heavy atom. The molecule has 0 aliphatic rings. The van der Waals surface area contributed by atoms with E-state index in [-0.39, 0.29) is 29.8 Å². The summed E-state index contributed by atoms with van der Waals surface area (Å²) in [5.41, 5.74) is 5.67. The van der Waals surface area contributed by atoms with Crippen molar-refractivity contribution < 1.29 is 13.2 Å². The third kappa shape index (κ3) is 5.62. The van der Waals surface area contributed by atoms with Crippen LogP contribution in [-0.4, -0.2) is 33.5 Å². The van der Waals surface area contributed by atoms with Crippen LogP contribution in [0.25, 0.3) is 0 Å². The number of sulfonamides is 1. The third-order valence-corrected chi connectivity index (χ3v) is 4.54. The Hall–Kier alpha value is -1.15. The molecule has 4 N–H and O–H groups in total. The summed E-state index contributed by atoms with van der Waals surface area (Å²) in [6, 6.07) is 5.35. The molecule has 118 valence electrons. The van der Waals surface area contributed by atoms with Crippen LogP contribution in [0.15, 0.2) is 29.2 Å². The molecule has 21 heavy (non-hydrogen) atoms. The number of nitrogens with two attached hydrogens (primary N) is 1. The van der Waals surface area contributed by atoms with Gasteiger partial charge in [-0.3, -0.25) is 4.79 Å². The van der Waals surface area contributed by atoms with E-state index in [4.69, 9.17) is 17.3 Å². The minimum Gasteiger partial charge on any atom is -0.353 e. The van der Waals surface area contributed by atoms with Gasteiger partial charge in [0.25, 0.3) is 0 Å². The van der Waals surface area contributed by atoms with Gasteiger partial charge in [0.05, 0.1) is 10.9 Å². The molecule has 0 spiro atoms. The zero-order valence-corrected chi connectivity index (χ0v) is 13.5. The van der Waals surface area contributed by atoms with Gasteiger partial charge in [-0.15, -0.1) is 0 Å². The Morgan fingerprint density at radius 1 is 1.33 bits per heavy atom. The second kappa shape index (κ2) is 7.74. The van der Waals surface area contributed by atoms with Crippen molar-refractivity contribution in [2.24, 2.45) is 11.7 Å². The summed E-state index contributed by atoms with van der Waals surface area (Å²) in [7, 11) is -3.63. The smallest absolute Gasteiger partial charge is 0.240 e. The number of carbonyl (C=O) groups excluding carboxylic acids is 1. The fourth-order valence-corrected chi connectivity index (χ4v) is 2.84. The molecule has 0 aliphatic heterocycles. The monoisotopic (exact) mass is 333 g/mol. The first-order chi connectivity index (χ1) is 9.74. The van der Waals surface area contributed by atoms with Crippen LogP contribution in [0.3, 0.4) is 0 Å². The highest BCUT2D eigenvalue weighted by molar-refractivity contribution is 7.89. The van der Waals surface area contributed by atoms with E-state index in [9.17, 15) is 13.2 Å². The average Bonchev–Trinajstić information content (AvgIpc) is 2.42. The topological polar surface area (TPSA) is 101 Å². The zero-order chi connectivity index (χ0) is 16.0. The Morgan fingerprint density at radius 3 is 2.57 bits per heavy atom. The van der Waals surface area contributed by atoms with Crippen molar-refractivity contribution in [1.82, 2.24) is 10.0 Å². The van der Waals surface area contributed by atoms with E-state index < -0.39 is 16.1 Å². The number of benzene rings is 1. The first-order valence-corrected chi connectivity index (χ1v) is 8.38. The van der Waals surface area contributed by atoms with E-state index in [1.807, 2.05) is 13.8 Å². The second-order valence-corrected chi connectivity index (χ2v) is 7.12. The lowest BCUT2D eigenvalue weighted by molar-refractivity contribution is -0.123. The maximum absolute atomic E-state index is 12.0. The van der Waals surface area contributed by atoms with Gasteiger partial charge < -0.3 is 11.1 Å². The summed E-state index contributed by atoms with van der Waals surface area (Å²) >= 11 is 5.76. The van der Waals surface area contributed by atoms with Crippen molar-refractivity contribution in [1.29, 1.82) is 0 Å². The lowest BCUT2D eigenvalue weighted by Crippen LogP contribution is -2.46. The lowest BCUT2D eigenvalue weighted by Gasteiger charge is -2.15. The number of nitrogens with one attached hydrogen (secondary N) is 2. The summed E-state index contributed by atoms with van der Waals surface area (Å²) in [6.07, 6.45) is 0. The Balaban J connectivity index is 2.47. The minimum atomic E-state index is -3.63. The van der Waals surface area contributed by atoms with E-state index >= 15 is 0 Å².